The normalized spacial score (nSPS) is 13.0. The molecule has 0 aliphatic rings. The van der Waals surface area contributed by atoms with Crippen molar-refractivity contribution in [1.82, 2.24) is 14.5 Å². The maximum absolute atomic E-state index is 12.3. The predicted octanol–water partition coefficient (Wildman–Crippen LogP) is 2.04. The Morgan fingerprint density at radius 1 is 1.32 bits per heavy atom. The molecule has 6 nitrogen and oxygen atoms in total. The third kappa shape index (κ3) is 4.57. The van der Waals surface area contributed by atoms with Gasteiger partial charge in [-0.05, 0) is 43.7 Å². The minimum absolute atomic E-state index is 0.226. The highest BCUT2D eigenvalue weighted by molar-refractivity contribution is 7.89. The van der Waals surface area contributed by atoms with Gasteiger partial charge in [0, 0.05) is 18.4 Å². The number of hydrogen-bond acceptors (Lipinski definition) is 4. The van der Waals surface area contributed by atoms with Crippen LogP contribution in [0.15, 0.2) is 47.6 Å². The van der Waals surface area contributed by atoms with Gasteiger partial charge in [-0.15, -0.1) is 0 Å². The van der Waals surface area contributed by atoms with Gasteiger partial charge < -0.3 is 4.74 Å². The zero-order valence-corrected chi connectivity index (χ0v) is 13.6. The lowest BCUT2D eigenvalue weighted by Gasteiger charge is -2.14. The molecule has 22 heavy (non-hydrogen) atoms. The molecule has 2 aromatic rings. The summed E-state index contributed by atoms with van der Waals surface area (Å²) in [6.07, 6.45) is 4.37. The van der Waals surface area contributed by atoms with Gasteiger partial charge in [-0.25, -0.2) is 13.1 Å². The number of nitrogens with zero attached hydrogens (tertiary/aromatic N) is 2. The van der Waals surface area contributed by atoms with Gasteiger partial charge in [-0.1, -0.05) is 6.92 Å². The first-order valence-corrected chi connectivity index (χ1v) is 8.72. The van der Waals surface area contributed by atoms with Crippen molar-refractivity contribution in [3.05, 3.63) is 42.7 Å². The van der Waals surface area contributed by atoms with Crippen molar-refractivity contribution >= 4 is 10.0 Å². The maximum atomic E-state index is 12.3. The Kier molecular flexibility index (Phi) is 5.57. The van der Waals surface area contributed by atoms with Crippen LogP contribution in [0.3, 0.4) is 0 Å². The van der Waals surface area contributed by atoms with E-state index in [9.17, 15) is 8.42 Å². The minimum Gasteiger partial charge on any atom is -0.494 e. The molecule has 0 spiro atoms. The van der Waals surface area contributed by atoms with E-state index in [1.807, 2.05) is 6.92 Å². The summed E-state index contributed by atoms with van der Waals surface area (Å²) in [4.78, 5) is 0.226. The van der Waals surface area contributed by atoms with Crippen LogP contribution in [0.5, 0.6) is 5.75 Å². The molecule has 0 unspecified atom stereocenters. The van der Waals surface area contributed by atoms with Crippen LogP contribution in [-0.4, -0.2) is 30.8 Å². The Balaban J connectivity index is 2.00. The number of sulfonamides is 1. The highest BCUT2D eigenvalue weighted by Crippen LogP contribution is 2.16. The molecule has 7 heteroatoms. The molecule has 0 saturated heterocycles. The molecule has 0 amide bonds. The summed E-state index contributed by atoms with van der Waals surface area (Å²) >= 11 is 0. The van der Waals surface area contributed by atoms with Gasteiger partial charge >= 0.3 is 0 Å². The van der Waals surface area contributed by atoms with Crippen LogP contribution in [0.4, 0.5) is 0 Å². The minimum atomic E-state index is -3.55. The second kappa shape index (κ2) is 7.42. The molecular formula is C15H21N3O3S. The SMILES string of the molecule is CCCOc1ccc(S(=O)(=O)N[C@@H](C)Cn2cccn2)cc1. The Morgan fingerprint density at radius 2 is 2.05 bits per heavy atom. The second-order valence-corrected chi connectivity index (χ2v) is 6.78. The van der Waals surface area contributed by atoms with Gasteiger partial charge in [-0.2, -0.15) is 5.10 Å². The van der Waals surface area contributed by atoms with Crippen molar-refractivity contribution in [2.24, 2.45) is 0 Å². The van der Waals surface area contributed by atoms with Gasteiger partial charge in [0.05, 0.1) is 18.0 Å². The molecule has 120 valence electrons. The van der Waals surface area contributed by atoms with E-state index >= 15 is 0 Å². The van der Waals surface area contributed by atoms with Crippen molar-refractivity contribution in [3.63, 3.8) is 0 Å². The van der Waals surface area contributed by atoms with Crippen molar-refractivity contribution in [2.45, 2.75) is 37.8 Å². The molecule has 0 saturated carbocycles. The molecule has 1 atom stereocenters. The molecule has 1 N–H and O–H groups in total. The summed E-state index contributed by atoms with van der Waals surface area (Å²) in [5.41, 5.74) is 0. The van der Waals surface area contributed by atoms with Crippen LogP contribution in [0.1, 0.15) is 20.3 Å². The summed E-state index contributed by atoms with van der Waals surface area (Å²) in [5.74, 6) is 0.672. The van der Waals surface area contributed by atoms with E-state index in [0.717, 1.165) is 6.42 Å². The Hall–Kier alpha value is -1.86. The standard InChI is InChI=1S/C15H21N3O3S/c1-3-11-21-14-5-7-15(8-6-14)22(19,20)17-13(2)12-18-10-4-9-16-18/h4-10,13,17H,3,11-12H2,1-2H3/t13-/m0/s1. The first kappa shape index (κ1) is 16.5. The monoisotopic (exact) mass is 323 g/mol. The fourth-order valence-corrected chi connectivity index (χ4v) is 3.23. The van der Waals surface area contributed by atoms with Crippen molar-refractivity contribution in [3.8, 4) is 5.75 Å². The molecule has 1 aromatic heterocycles. The quantitative estimate of drug-likeness (QED) is 0.807. The average Bonchev–Trinajstić information content (AvgIpc) is 2.97. The molecule has 2 rings (SSSR count). The van der Waals surface area contributed by atoms with Gasteiger partial charge in [-0.3, -0.25) is 4.68 Å². The van der Waals surface area contributed by atoms with E-state index in [1.54, 1.807) is 54.3 Å². The highest BCUT2D eigenvalue weighted by atomic mass is 32.2. The van der Waals surface area contributed by atoms with E-state index in [0.29, 0.717) is 18.9 Å². The van der Waals surface area contributed by atoms with Crippen LogP contribution >= 0.6 is 0 Å². The van der Waals surface area contributed by atoms with Crippen LogP contribution in [-0.2, 0) is 16.6 Å². The highest BCUT2D eigenvalue weighted by Gasteiger charge is 2.17. The van der Waals surface area contributed by atoms with Crippen molar-refractivity contribution < 1.29 is 13.2 Å². The van der Waals surface area contributed by atoms with Gasteiger partial charge in [0.25, 0.3) is 0 Å². The van der Waals surface area contributed by atoms with Gasteiger partial charge in [0.1, 0.15) is 5.75 Å². The van der Waals surface area contributed by atoms with Crippen LogP contribution in [0.2, 0.25) is 0 Å². The zero-order chi connectivity index (χ0) is 16.0. The molecule has 0 aliphatic carbocycles. The smallest absolute Gasteiger partial charge is 0.240 e. The third-order valence-electron chi connectivity index (χ3n) is 2.98. The van der Waals surface area contributed by atoms with Crippen LogP contribution in [0.25, 0.3) is 0 Å². The first-order valence-electron chi connectivity index (χ1n) is 7.24. The Morgan fingerprint density at radius 3 is 2.64 bits per heavy atom. The number of aromatic nitrogens is 2. The summed E-state index contributed by atoms with van der Waals surface area (Å²) < 4.78 is 34.4. The number of nitrogens with one attached hydrogen (secondary N) is 1. The number of ether oxygens (including phenoxy) is 1. The van der Waals surface area contributed by atoms with Gasteiger partial charge in [0.2, 0.25) is 10.0 Å². The fraction of sp³-hybridized carbons (Fsp3) is 0.400. The van der Waals surface area contributed by atoms with E-state index in [-0.39, 0.29) is 10.9 Å². The molecule has 0 aliphatic heterocycles. The summed E-state index contributed by atoms with van der Waals surface area (Å²) in [7, 11) is -3.55. The van der Waals surface area contributed by atoms with E-state index in [1.165, 1.54) is 0 Å². The lowest BCUT2D eigenvalue weighted by Crippen LogP contribution is -2.35. The molecule has 0 bridgehead atoms. The lowest BCUT2D eigenvalue weighted by atomic mass is 10.3. The largest absolute Gasteiger partial charge is 0.494 e. The van der Waals surface area contributed by atoms with E-state index < -0.39 is 10.0 Å². The second-order valence-electron chi connectivity index (χ2n) is 5.07. The first-order chi connectivity index (χ1) is 10.5. The fourth-order valence-electron chi connectivity index (χ4n) is 1.99. The maximum Gasteiger partial charge on any atom is 0.240 e. The zero-order valence-electron chi connectivity index (χ0n) is 12.8. The predicted molar refractivity (Wildman–Crippen MR) is 84.2 cm³/mol. The molecule has 0 fully saturated rings. The third-order valence-corrected chi connectivity index (χ3v) is 4.59. The van der Waals surface area contributed by atoms with Crippen LogP contribution in [0, 0.1) is 0 Å². The lowest BCUT2D eigenvalue weighted by molar-refractivity contribution is 0.317. The molecular weight excluding hydrogens is 302 g/mol. The summed E-state index contributed by atoms with van der Waals surface area (Å²) in [6.45, 7) is 4.91. The van der Waals surface area contributed by atoms with Crippen molar-refractivity contribution in [1.29, 1.82) is 0 Å². The Labute approximate surface area is 131 Å². The molecule has 1 aromatic carbocycles. The average molecular weight is 323 g/mol. The molecule has 1 heterocycles. The molecule has 0 radical (unpaired) electrons. The number of hydrogen-bond donors (Lipinski definition) is 1. The van der Waals surface area contributed by atoms with Crippen molar-refractivity contribution in [2.75, 3.05) is 6.61 Å². The number of benzene rings is 1. The van der Waals surface area contributed by atoms with E-state index in [2.05, 4.69) is 9.82 Å². The Bertz CT molecular complexity index is 667. The van der Waals surface area contributed by atoms with E-state index in [4.69, 9.17) is 4.74 Å². The summed E-state index contributed by atoms with van der Waals surface area (Å²) in [5, 5.41) is 4.06. The number of rotatable bonds is 8. The topological polar surface area (TPSA) is 73.2 Å². The summed E-state index contributed by atoms with van der Waals surface area (Å²) in [6, 6.07) is 7.98. The van der Waals surface area contributed by atoms with Crippen LogP contribution < -0.4 is 9.46 Å². The van der Waals surface area contributed by atoms with Gasteiger partial charge in [0.15, 0.2) is 0 Å².